The maximum atomic E-state index is 12.7. The largest absolute Gasteiger partial charge is 0.454 e. The summed E-state index contributed by atoms with van der Waals surface area (Å²) in [7, 11) is 0. The van der Waals surface area contributed by atoms with Gasteiger partial charge in [0.15, 0.2) is 11.5 Å². The van der Waals surface area contributed by atoms with E-state index in [0.29, 0.717) is 22.9 Å². The van der Waals surface area contributed by atoms with Crippen LogP contribution in [-0.2, 0) is 0 Å². The summed E-state index contributed by atoms with van der Waals surface area (Å²) in [4.78, 5) is 20.2. The van der Waals surface area contributed by atoms with E-state index in [1.807, 2.05) is 36.4 Å². The van der Waals surface area contributed by atoms with Gasteiger partial charge in [-0.2, -0.15) is 0 Å². The molecule has 0 radical (unpaired) electrons. The molecule has 0 saturated heterocycles. The molecule has 1 aliphatic heterocycles. The highest BCUT2D eigenvalue weighted by Crippen LogP contribution is 2.36. The van der Waals surface area contributed by atoms with Gasteiger partial charge in [0.25, 0.3) is 0 Å². The fourth-order valence-electron chi connectivity index (χ4n) is 3.25. The summed E-state index contributed by atoms with van der Waals surface area (Å²) in [5, 5.41) is 6.72. The number of para-hydroxylation sites is 1. The lowest BCUT2D eigenvalue weighted by atomic mass is 10.1. The number of carbonyl (C=O) groups is 1. The second-order valence-electron chi connectivity index (χ2n) is 6.31. The summed E-state index contributed by atoms with van der Waals surface area (Å²) in [5.74, 6) is 1.28. The summed E-state index contributed by atoms with van der Waals surface area (Å²) >= 11 is 0. The number of nitrogens with one attached hydrogen (secondary N) is 3. The van der Waals surface area contributed by atoms with E-state index in [9.17, 15) is 4.79 Å². The standard InChI is InChI=1S/C21H16N4O3/c26-21(23-14-7-8-17-18(10-14)28-12-27-17)25-20-15-5-1-2-6-16(15)24-19(20)13-4-3-9-22-11-13/h1-11,24H,12H2,(H2,23,25,26). The van der Waals surface area contributed by atoms with Gasteiger partial charge in [-0.3, -0.25) is 4.98 Å². The summed E-state index contributed by atoms with van der Waals surface area (Å²) in [5.41, 5.74) is 3.93. The van der Waals surface area contributed by atoms with Gasteiger partial charge in [-0.15, -0.1) is 0 Å². The van der Waals surface area contributed by atoms with E-state index in [4.69, 9.17) is 9.47 Å². The molecular formula is C21H16N4O3. The highest BCUT2D eigenvalue weighted by Gasteiger charge is 2.17. The molecule has 0 unspecified atom stereocenters. The molecule has 7 heteroatoms. The number of ether oxygens (including phenoxy) is 2. The molecule has 0 saturated carbocycles. The first-order chi connectivity index (χ1) is 13.8. The van der Waals surface area contributed by atoms with Crippen LogP contribution in [0.3, 0.4) is 0 Å². The number of amides is 2. The Morgan fingerprint density at radius 2 is 1.89 bits per heavy atom. The van der Waals surface area contributed by atoms with Crippen LogP contribution < -0.4 is 20.1 Å². The summed E-state index contributed by atoms with van der Waals surface area (Å²) in [6.45, 7) is 0.189. The van der Waals surface area contributed by atoms with E-state index in [-0.39, 0.29) is 12.8 Å². The summed E-state index contributed by atoms with van der Waals surface area (Å²) < 4.78 is 10.7. The van der Waals surface area contributed by atoms with Crippen molar-refractivity contribution < 1.29 is 14.3 Å². The number of hydrogen-bond acceptors (Lipinski definition) is 4. The second-order valence-corrected chi connectivity index (χ2v) is 6.31. The van der Waals surface area contributed by atoms with Crippen molar-refractivity contribution in [1.82, 2.24) is 9.97 Å². The zero-order chi connectivity index (χ0) is 18.9. The third kappa shape index (κ3) is 2.88. The highest BCUT2D eigenvalue weighted by molar-refractivity contribution is 6.10. The smallest absolute Gasteiger partial charge is 0.323 e. The molecule has 0 aliphatic carbocycles. The first-order valence-corrected chi connectivity index (χ1v) is 8.77. The Labute approximate surface area is 160 Å². The van der Waals surface area contributed by atoms with Gasteiger partial charge in [0.05, 0.1) is 11.4 Å². The van der Waals surface area contributed by atoms with Crippen molar-refractivity contribution >= 4 is 28.3 Å². The number of aromatic amines is 1. The number of carbonyl (C=O) groups excluding carboxylic acids is 1. The molecule has 3 heterocycles. The molecule has 7 nitrogen and oxygen atoms in total. The van der Waals surface area contributed by atoms with Crippen LogP contribution in [0, 0.1) is 0 Å². The molecule has 0 bridgehead atoms. The van der Waals surface area contributed by atoms with Crippen LogP contribution in [0.25, 0.3) is 22.2 Å². The molecule has 28 heavy (non-hydrogen) atoms. The van der Waals surface area contributed by atoms with Gasteiger partial charge in [0.1, 0.15) is 0 Å². The van der Waals surface area contributed by atoms with Crippen molar-refractivity contribution in [3.63, 3.8) is 0 Å². The maximum absolute atomic E-state index is 12.7. The van der Waals surface area contributed by atoms with Crippen molar-refractivity contribution in [3.8, 4) is 22.8 Å². The Bertz CT molecular complexity index is 1170. The normalized spacial score (nSPS) is 12.1. The highest BCUT2D eigenvalue weighted by atomic mass is 16.7. The number of fused-ring (bicyclic) bond motifs is 2. The molecule has 2 aromatic heterocycles. The van der Waals surface area contributed by atoms with Crippen molar-refractivity contribution in [3.05, 3.63) is 67.0 Å². The van der Waals surface area contributed by atoms with E-state index >= 15 is 0 Å². The van der Waals surface area contributed by atoms with Crippen molar-refractivity contribution in [1.29, 1.82) is 0 Å². The molecule has 0 atom stereocenters. The van der Waals surface area contributed by atoms with Crippen LogP contribution >= 0.6 is 0 Å². The van der Waals surface area contributed by atoms with Crippen LogP contribution in [0.1, 0.15) is 0 Å². The topological polar surface area (TPSA) is 88.3 Å². The number of H-pyrrole nitrogens is 1. The van der Waals surface area contributed by atoms with Crippen LogP contribution in [0.4, 0.5) is 16.2 Å². The van der Waals surface area contributed by atoms with Crippen LogP contribution in [0.15, 0.2) is 67.0 Å². The van der Waals surface area contributed by atoms with E-state index in [2.05, 4.69) is 20.6 Å². The number of nitrogens with zero attached hydrogens (tertiary/aromatic N) is 1. The minimum atomic E-state index is -0.353. The Kier molecular flexibility index (Phi) is 3.83. The monoisotopic (exact) mass is 372 g/mol. The van der Waals surface area contributed by atoms with E-state index in [1.165, 1.54) is 0 Å². The number of pyridine rings is 1. The van der Waals surface area contributed by atoms with Gasteiger partial charge in [0.2, 0.25) is 6.79 Å². The molecule has 0 fully saturated rings. The lowest BCUT2D eigenvalue weighted by molar-refractivity contribution is 0.174. The van der Waals surface area contributed by atoms with Crippen molar-refractivity contribution in [2.24, 2.45) is 0 Å². The number of rotatable bonds is 3. The summed E-state index contributed by atoms with van der Waals surface area (Å²) in [6, 6.07) is 16.5. The second kappa shape index (κ2) is 6.62. The van der Waals surface area contributed by atoms with Gasteiger partial charge in [-0.1, -0.05) is 18.2 Å². The van der Waals surface area contributed by atoms with Gasteiger partial charge in [-0.05, 0) is 30.3 Å². The Morgan fingerprint density at radius 3 is 2.79 bits per heavy atom. The van der Waals surface area contributed by atoms with Crippen LogP contribution in [0.5, 0.6) is 11.5 Å². The molecule has 1 aliphatic rings. The Morgan fingerprint density at radius 1 is 1.00 bits per heavy atom. The predicted octanol–water partition coefficient (Wildman–Crippen LogP) is 4.60. The average Bonchev–Trinajstić information content (AvgIpc) is 3.33. The Balaban J connectivity index is 1.46. The molecular weight excluding hydrogens is 356 g/mol. The molecule has 2 amide bonds. The molecule has 0 spiro atoms. The van der Waals surface area contributed by atoms with E-state index < -0.39 is 0 Å². The molecule has 4 aromatic rings. The predicted molar refractivity (Wildman–Crippen MR) is 107 cm³/mol. The zero-order valence-corrected chi connectivity index (χ0v) is 14.7. The van der Waals surface area contributed by atoms with Crippen LogP contribution in [0.2, 0.25) is 0 Å². The van der Waals surface area contributed by atoms with E-state index in [1.54, 1.807) is 30.6 Å². The number of aromatic nitrogens is 2. The minimum absolute atomic E-state index is 0.189. The number of anilines is 2. The van der Waals surface area contributed by atoms with Gasteiger partial charge in [0, 0.05) is 40.6 Å². The molecule has 5 rings (SSSR count). The SMILES string of the molecule is O=C(Nc1ccc2c(c1)OCO2)Nc1c(-c2cccnc2)[nH]c2ccccc12. The summed E-state index contributed by atoms with van der Waals surface area (Å²) in [6.07, 6.45) is 3.47. The number of benzene rings is 2. The minimum Gasteiger partial charge on any atom is -0.454 e. The van der Waals surface area contributed by atoms with Gasteiger partial charge >= 0.3 is 6.03 Å². The van der Waals surface area contributed by atoms with Gasteiger partial charge < -0.3 is 25.1 Å². The van der Waals surface area contributed by atoms with E-state index in [0.717, 1.165) is 22.2 Å². The fraction of sp³-hybridized carbons (Fsp3) is 0.0476. The number of urea groups is 1. The average molecular weight is 372 g/mol. The first kappa shape index (κ1) is 16.2. The maximum Gasteiger partial charge on any atom is 0.323 e. The fourth-order valence-corrected chi connectivity index (χ4v) is 3.25. The number of hydrogen-bond donors (Lipinski definition) is 3. The molecule has 2 aromatic carbocycles. The van der Waals surface area contributed by atoms with Gasteiger partial charge in [-0.25, -0.2) is 4.79 Å². The molecule has 3 N–H and O–H groups in total. The van der Waals surface area contributed by atoms with Crippen molar-refractivity contribution in [2.75, 3.05) is 17.4 Å². The third-order valence-electron chi connectivity index (χ3n) is 4.53. The molecule has 138 valence electrons. The van der Waals surface area contributed by atoms with Crippen LogP contribution in [-0.4, -0.2) is 22.8 Å². The lowest BCUT2D eigenvalue weighted by Crippen LogP contribution is -2.19. The van der Waals surface area contributed by atoms with Crippen molar-refractivity contribution in [2.45, 2.75) is 0 Å². The zero-order valence-electron chi connectivity index (χ0n) is 14.7. The third-order valence-corrected chi connectivity index (χ3v) is 4.53. The quantitative estimate of drug-likeness (QED) is 0.490. The lowest BCUT2D eigenvalue weighted by Gasteiger charge is -2.10. The first-order valence-electron chi connectivity index (χ1n) is 8.77. The Hall–Kier alpha value is -4.00.